The summed E-state index contributed by atoms with van der Waals surface area (Å²) in [6.07, 6.45) is 4.15. The molecule has 11 heteroatoms. The Kier molecular flexibility index (Phi) is 7.36. The van der Waals surface area contributed by atoms with Crippen molar-refractivity contribution < 1.29 is 13.2 Å². The van der Waals surface area contributed by atoms with Crippen molar-refractivity contribution in [3.8, 4) is 23.0 Å². The lowest BCUT2D eigenvalue weighted by atomic mass is 10.1. The van der Waals surface area contributed by atoms with E-state index in [1.54, 1.807) is 25.4 Å². The predicted molar refractivity (Wildman–Crippen MR) is 133 cm³/mol. The highest BCUT2D eigenvalue weighted by Gasteiger charge is 2.23. The third kappa shape index (κ3) is 5.79. The van der Waals surface area contributed by atoms with Crippen LogP contribution >= 0.6 is 0 Å². The maximum Gasteiger partial charge on any atom is 0.322 e. The number of aryl methyl sites for hydroxylation is 2. The van der Waals surface area contributed by atoms with E-state index in [1.807, 2.05) is 25.5 Å². The van der Waals surface area contributed by atoms with Crippen LogP contribution in [-0.4, -0.2) is 51.6 Å². The maximum atomic E-state index is 12.5. The first-order chi connectivity index (χ1) is 16.7. The molecule has 1 aliphatic heterocycles. The number of nitrogens with one attached hydrogen (secondary N) is 1. The zero-order chi connectivity index (χ0) is 25.2. The Bertz CT molecular complexity index is 1370. The molecule has 0 aliphatic carbocycles. The second-order valence-corrected chi connectivity index (χ2v) is 11.2. The van der Waals surface area contributed by atoms with Gasteiger partial charge in [0.15, 0.2) is 15.6 Å². The zero-order valence-electron chi connectivity index (χ0n) is 20.6. The standard InChI is InChI=1S/C24H32N6O4S/c1-5-12-35(32,33)15-19-13-21(18-6-7-22(31)29(4)14-18)27-24(26-19)34-23-16(2)28-30(17(23)3)20-8-10-25-11-9-20/h6-7,13-14,20,25H,5,8-12,15H2,1-4H3. The molecule has 0 aromatic carbocycles. The minimum absolute atomic E-state index is 0.0501. The van der Waals surface area contributed by atoms with Crippen molar-refractivity contribution >= 4 is 9.84 Å². The van der Waals surface area contributed by atoms with Crippen LogP contribution in [0.2, 0.25) is 0 Å². The van der Waals surface area contributed by atoms with Gasteiger partial charge in [-0.2, -0.15) is 15.1 Å². The van der Waals surface area contributed by atoms with Crippen LogP contribution in [0.3, 0.4) is 0 Å². The molecule has 4 rings (SSSR count). The van der Waals surface area contributed by atoms with Crippen molar-refractivity contribution in [3.05, 3.63) is 51.8 Å². The van der Waals surface area contributed by atoms with Crippen LogP contribution in [0.5, 0.6) is 11.8 Å². The largest absolute Gasteiger partial charge is 0.420 e. The molecule has 1 fully saturated rings. The Labute approximate surface area is 205 Å². The van der Waals surface area contributed by atoms with Gasteiger partial charge in [-0.3, -0.25) is 9.48 Å². The number of aromatic nitrogens is 5. The van der Waals surface area contributed by atoms with Crippen LogP contribution in [0.25, 0.3) is 11.3 Å². The summed E-state index contributed by atoms with van der Waals surface area (Å²) in [6, 6.07) is 5.08. The van der Waals surface area contributed by atoms with Crippen molar-refractivity contribution in [1.29, 1.82) is 0 Å². The highest BCUT2D eigenvalue weighted by molar-refractivity contribution is 7.90. The summed E-state index contributed by atoms with van der Waals surface area (Å²) in [5.74, 6) is 0.428. The Morgan fingerprint density at radius 3 is 2.60 bits per heavy atom. The van der Waals surface area contributed by atoms with Gasteiger partial charge in [0.25, 0.3) is 0 Å². The summed E-state index contributed by atoms with van der Waals surface area (Å²) in [5, 5.41) is 8.08. The van der Waals surface area contributed by atoms with E-state index in [9.17, 15) is 13.2 Å². The van der Waals surface area contributed by atoms with Crippen LogP contribution in [0.15, 0.2) is 29.2 Å². The zero-order valence-corrected chi connectivity index (χ0v) is 21.4. The fourth-order valence-corrected chi connectivity index (χ4v) is 5.75. The van der Waals surface area contributed by atoms with Crippen LogP contribution in [-0.2, 0) is 22.6 Å². The van der Waals surface area contributed by atoms with Crippen molar-refractivity contribution in [2.75, 3.05) is 18.8 Å². The molecule has 0 unspecified atom stereocenters. The number of pyridine rings is 1. The molecule has 35 heavy (non-hydrogen) atoms. The van der Waals surface area contributed by atoms with Gasteiger partial charge < -0.3 is 14.6 Å². The number of piperidine rings is 1. The molecule has 0 spiro atoms. The van der Waals surface area contributed by atoms with Crippen LogP contribution < -0.4 is 15.6 Å². The summed E-state index contributed by atoms with van der Waals surface area (Å²) in [5.41, 5.74) is 2.93. The van der Waals surface area contributed by atoms with Gasteiger partial charge in [-0.05, 0) is 58.3 Å². The van der Waals surface area contributed by atoms with Gasteiger partial charge >= 0.3 is 6.01 Å². The second kappa shape index (κ2) is 10.3. The summed E-state index contributed by atoms with van der Waals surface area (Å²) in [4.78, 5) is 20.9. The van der Waals surface area contributed by atoms with E-state index < -0.39 is 9.84 Å². The topological polar surface area (TPSA) is 121 Å². The molecule has 4 heterocycles. The maximum absolute atomic E-state index is 12.5. The average molecular weight is 501 g/mol. The monoisotopic (exact) mass is 500 g/mol. The summed E-state index contributed by atoms with van der Waals surface area (Å²) in [7, 11) is -1.69. The molecule has 1 aliphatic rings. The van der Waals surface area contributed by atoms with Gasteiger partial charge in [-0.15, -0.1) is 0 Å². The molecule has 0 radical (unpaired) electrons. The first kappa shape index (κ1) is 25.1. The van der Waals surface area contributed by atoms with Crippen molar-refractivity contribution in [2.45, 2.75) is 51.8 Å². The third-order valence-electron chi connectivity index (χ3n) is 6.13. The molecular weight excluding hydrogens is 468 g/mol. The van der Waals surface area contributed by atoms with E-state index in [-0.39, 0.29) is 23.1 Å². The highest BCUT2D eigenvalue weighted by Crippen LogP contribution is 2.32. The lowest BCUT2D eigenvalue weighted by molar-refractivity contribution is 0.335. The molecule has 3 aromatic heterocycles. The van der Waals surface area contributed by atoms with Gasteiger partial charge in [0, 0.05) is 24.9 Å². The smallest absolute Gasteiger partial charge is 0.322 e. The van der Waals surface area contributed by atoms with E-state index in [2.05, 4.69) is 15.3 Å². The lowest BCUT2D eigenvalue weighted by Crippen LogP contribution is -2.30. The average Bonchev–Trinajstić information content (AvgIpc) is 3.09. The van der Waals surface area contributed by atoms with Gasteiger partial charge in [0.2, 0.25) is 5.56 Å². The van der Waals surface area contributed by atoms with Crippen LogP contribution in [0, 0.1) is 13.8 Å². The highest BCUT2D eigenvalue weighted by atomic mass is 32.2. The van der Waals surface area contributed by atoms with Gasteiger partial charge in [0.1, 0.15) is 5.69 Å². The number of hydrogen-bond donors (Lipinski definition) is 1. The Balaban J connectivity index is 1.73. The molecule has 188 valence electrons. The van der Waals surface area contributed by atoms with E-state index in [0.29, 0.717) is 35.2 Å². The minimum atomic E-state index is -3.34. The molecule has 10 nitrogen and oxygen atoms in total. The number of sulfone groups is 1. The van der Waals surface area contributed by atoms with Crippen molar-refractivity contribution in [3.63, 3.8) is 0 Å². The molecule has 0 amide bonds. The number of rotatable bonds is 8. The third-order valence-corrected chi connectivity index (χ3v) is 7.90. The fraction of sp³-hybridized carbons (Fsp3) is 0.500. The Morgan fingerprint density at radius 1 is 1.17 bits per heavy atom. The van der Waals surface area contributed by atoms with Crippen LogP contribution in [0.1, 0.15) is 49.3 Å². The minimum Gasteiger partial charge on any atom is -0.420 e. The lowest BCUT2D eigenvalue weighted by Gasteiger charge is -2.24. The first-order valence-corrected chi connectivity index (χ1v) is 13.7. The van der Waals surface area contributed by atoms with Gasteiger partial charge in [-0.25, -0.2) is 8.42 Å². The normalized spacial score (nSPS) is 14.9. The van der Waals surface area contributed by atoms with E-state index in [0.717, 1.165) is 37.3 Å². The van der Waals surface area contributed by atoms with E-state index in [1.165, 1.54) is 10.6 Å². The van der Waals surface area contributed by atoms with Gasteiger partial charge in [-0.1, -0.05) is 6.92 Å². The molecule has 1 N–H and O–H groups in total. The SMILES string of the molecule is CCCS(=O)(=O)Cc1cc(-c2ccc(=O)n(C)c2)nc(Oc2c(C)nn(C3CCNCC3)c2C)n1. The molecular formula is C24H32N6O4S. The summed E-state index contributed by atoms with van der Waals surface area (Å²) < 4.78 is 34.7. The van der Waals surface area contributed by atoms with Crippen LogP contribution in [0.4, 0.5) is 0 Å². The number of nitrogens with zero attached hydrogens (tertiary/aromatic N) is 5. The molecule has 1 saturated heterocycles. The molecule has 0 saturated carbocycles. The Morgan fingerprint density at radius 2 is 1.91 bits per heavy atom. The summed E-state index contributed by atoms with van der Waals surface area (Å²) >= 11 is 0. The quantitative estimate of drug-likeness (QED) is 0.501. The number of hydrogen-bond acceptors (Lipinski definition) is 8. The second-order valence-electron chi connectivity index (χ2n) is 9.01. The molecule has 3 aromatic rings. The predicted octanol–water partition coefficient (Wildman–Crippen LogP) is 2.70. The Hall–Kier alpha value is -3.05. The van der Waals surface area contributed by atoms with Crippen molar-refractivity contribution in [2.24, 2.45) is 7.05 Å². The number of ether oxygens (including phenoxy) is 1. The summed E-state index contributed by atoms with van der Waals surface area (Å²) in [6.45, 7) is 7.55. The first-order valence-electron chi connectivity index (χ1n) is 11.9. The molecule has 0 atom stereocenters. The molecule has 0 bridgehead atoms. The fourth-order valence-electron chi connectivity index (χ4n) is 4.39. The van der Waals surface area contributed by atoms with E-state index >= 15 is 0 Å². The van der Waals surface area contributed by atoms with Gasteiger partial charge in [0.05, 0.1) is 34.6 Å². The van der Waals surface area contributed by atoms with E-state index in [4.69, 9.17) is 9.84 Å². The van der Waals surface area contributed by atoms with Crippen molar-refractivity contribution in [1.82, 2.24) is 29.6 Å².